The lowest BCUT2D eigenvalue weighted by atomic mass is 9.33. The third-order valence-corrected chi connectivity index (χ3v) is 9.46. The zero-order valence-corrected chi connectivity index (χ0v) is 14.6. The second-order valence-corrected chi connectivity index (χ2v) is 9.93. The molecule has 1 spiro atoms. The van der Waals surface area contributed by atoms with Gasteiger partial charge in [-0.25, -0.2) is 0 Å². The van der Waals surface area contributed by atoms with Gasteiger partial charge in [0.15, 0.2) is 5.79 Å². The first-order valence-electron chi connectivity index (χ1n) is 9.88. The van der Waals surface area contributed by atoms with Crippen molar-refractivity contribution in [3.05, 3.63) is 0 Å². The first-order valence-corrected chi connectivity index (χ1v) is 9.88. The van der Waals surface area contributed by atoms with Gasteiger partial charge < -0.3 is 14.9 Å². The van der Waals surface area contributed by atoms with Crippen molar-refractivity contribution in [1.82, 2.24) is 0 Å². The molecule has 0 aromatic rings. The van der Waals surface area contributed by atoms with E-state index in [1.54, 1.807) is 7.11 Å². The molecule has 130 valence electrons. The smallest absolute Gasteiger partial charge is 0.165 e. The Labute approximate surface area is 139 Å². The molecule has 5 rings (SSSR count). The predicted octanol–water partition coefficient (Wildman–Crippen LogP) is 3.33. The summed E-state index contributed by atoms with van der Waals surface area (Å²) < 4.78 is 5.42. The maximum Gasteiger partial charge on any atom is 0.165 e. The van der Waals surface area contributed by atoms with E-state index in [-0.39, 0.29) is 6.10 Å². The summed E-state index contributed by atoms with van der Waals surface area (Å²) in [6.45, 7) is 2.49. The van der Waals surface area contributed by atoms with Gasteiger partial charge in [-0.3, -0.25) is 0 Å². The number of fused-ring (bicyclic) bond motifs is 5. The van der Waals surface area contributed by atoms with Crippen molar-refractivity contribution in [3.63, 3.8) is 0 Å². The van der Waals surface area contributed by atoms with Crippen molar-refractivity contribution in [1.29, 1.82) is 0 Å². The molecule has 0 aromatic heterocycles. The van der Waals surface area contributed by atoms with Crippen LogP contribution in [0.2, 0.25) is 0 Å². The van der Waals surface area contributed by atoms with Gasteiger partial charge in [0.1, 0.15) is 0 Å². The molecule has 0 aliphatic heterocycles. The van der Waals surface area contributed by atoms with Gasteiger partial charge in [0, 0.05) is 20.0 Å². The topological polar surface area (TPSA) is 49.7 Å². The van der Waals surface area contributed by atoms with Crippen LogP contribution in [0.15, 0.2) is 0 Å². The summed E-state index contributed by atoms with van der Waals surface area (Å²) in [5.74, 6) is 1.96. The first kappa shape index (κ1) is 15.2. The molecule has 23 heavy (non-hydrogen) atoms. The fraction of sp³-hybridized carbons (Fsp3) is 1.00. The quantitative estimate of drug-likeness (QED) is 0.729. The highest BCUT2D eigenvalue weighted by Gasteiger charge is 2.72. The number of aliphatic hydroxyl groups is 2. The lowest BCUT2D eigenvalue weighted by Gasteiger charge is -2.73. The molecule has 0 heterocycles. The first-order chi connectivity index (χ1) is 10.9. The van der Waals surface area contributed by atoms with E-state index in [1.165, 1.54) is 38.5 Å². The number of aliphatic hydroxyl groups excluding tert-OH is 1. The van der Waals surface area contributed by atoms with Gasteiger partial charge in [-0.05, 0) is 78.9 Å². The molecule has 2 bridgehead atoms. The van der Waals surface area contributed by atoms with Crippen LogP contribution in [-0.4, -0.2) is 29.2 Å². The number of rotatable bonds is 1. The van der Waals surface area contributed by atoms with Crippen LogP contribution in [0.5, 0.6) is 0 Å². The molecular formula is C20H32O3. The molecular weight excluding hydrogens is 288 g/mol. The summed E-state index contributed by atoms with van der Waals surface area (Å²) in [7, 11) is 1.64. The van der Waals surface area contributed by atoms with Gasteiger partial charge in [-0.1, -0.05) is 13.3 Å². The zero-order chi connectivity index (χ0) is 16.0. The molecule has 5 fully saturated rings. The normalized spacial score (nSPS) is 63.7. The Kier molecular flexibility index (Phi) is 2.99. The molecule has 0 aromatic carbocycles. The van der Waals surface area contributed by atoms with E-state index in [2.05, 4.69) is 6.92 Å². The van der Waals surface area contributed by atoms with Crippen LogP contribution in [0.3, 0.4) is 0 Å². The summed E-state index contributed by atoms with van der Waals surface area (Å²) >= 11 is 0. The molecule has 0 amide bonds. The zero-order valence-electron chi connectivity index (χ0n) is 14.6. The van der Waals surface area contributed by atoms with Crippen LogP contribution in [0.4, 0.5) is 0 Å². The van der Waals surface area contributed by atoms with Gasteiger partial charge in [-0.15, -0.1) is 0 Å². The second-order valence-electron chi connectivity index (χ2n) is 9.93. The fourth-order valence-electron chi connectivity index (χ4n) is 8.29. The van der Waals surface area contributed by atoms with Gasteiger partial charge in [0.2, 0.25) is 0 Å². The maximum absolute atomic E-state index is 11.2. The van der Waals surface area contributed by atoms with Crippen molar-refractivity contribution in [2.45, 2.75) is 76.6 Å². The van der Waals surface area contributed by atoms with Crippen LogP contribution < -0.4 is 0 Å². The van der Waals surface area contributed by atoms with Gasteiger partial charge >= 0.3 is 0 Å². The molecule has 0 radical (unpaired) electrons. The average Bonchev–Trinajstić information content (AvgIpc) is 2.92. The highest BCUT2D eigenvalue weighted by atomic mass is 16.6. The number of hydrogen-bond acceptors (Lipinski definition) is 3. The molecule has 3 heteroatoms. The van der Waals surface area contributed by atoms with Crippen LogP contribution in [0, 0.1) is 40.4 Å². The molecule has 3 nitrogen and oxygen atoms in total. The van der Waals surface area contributed by atoms with E-state index in [1.807, 2.05) is 0 Å². The van der Waals surface area contributed by atoms with Crippen LogP contribution >= 0.6 is 0 Å². The Hall–Kier alpha value is -0.120. The van der Waals surface area contributed by atoms with Crippen molar-refractivity contribution in [2.24, 2.45) is 40.4 Å². The number of hydrogen-bond donors (Lipinski definition) is 2. The lowest BCUT2D eigenvalue weighted by molar-refractivity contribution is -0.321. The van der Waals surface area contributed by atoms with E-state index < -0.39 is 5.79 Å². The van der Waals surface area contributed by atoms with E-state index in [0.717, 1.165) is 25.2 Å². The molecule has 5 aliphatic carbocycles. The highest BCUT2D eigenvalue weighted by Crippen LogP contribution is 2.75. The standard InChI is InChI=1S/C20H32O3/c1-18-6-3-4-13(18)16-14(5-7-18)19-8-9-20(22,23-2)11-15(19)12(10-19)17(16)21/h12-17,21-22H,3-11H2,1-2H3/t12?,13-,14-,15?,16-,17?,18-,19-,20-/m0/s1. The van der Waals surface area contributed by atoms with Crippen molar-refractivity contribution < 1.29 is 14.9 Å². The summed E-state index contributed by atoms with van der Waals surface area (Å²) in [6, 6.07) is 0. The monoisotopic (exact) mass is 320 g/mol. The highest BCUT2D eigenvalue weighted by molar-refractivity contribution is 5.20. The van der Waals surface area contributed by atoms with Crippen molar-refractivity contribution in [3.8, 4) is 0 Å². The Morgan fingerprint density at radius 3 is 2.57 bits per heavy atom. The Balaban J connectivity index is 1.49. The van der Waals surface area contributed by atoms with Gasteiger partial charge in [0.25, 0.3) is 0 Å². The number of methoxy groups -OCH3 is 1. The lowest BCUT2D eigenvalue weighted by Crippen LogP contribution is -2.71. The minimum absolute atomic E-state index is 0.131. The fourth-order valence-corrected chi connectivity index (χ4v) is 8.29. The van der Waals surface area contributed by atoms with Crippen LogP contribution in [-0.2, 0) is 4.74 Å². The third kappa shape index (κ3) is 1.72. The third-order valence-electron chi connectivity index (χ3n) is 9.46. The van der Waals surface area contributed by atoms with Crippen molar-refractivity contribution >= 4 is 0 Å². The van der Waals surface area contributed by atoms with Crippen molar-refractivity contribution in [2.75, 3.05) is 7.11 Å². The van der Waals surface area contributed by atoms with E-state index in [9.17, 15) is 10.2 Å². The summed E-state index contributed by atoms with van der Waals surface area (Å²) in [6.07, 6.45) is 10.5. The summed E-state index contributed by atoms with van der Waals surface area (Å²) in [4.78, 5) is 0. The summed E-state index contributed by atoms with van der Waals surface area (Å²) in [5.41, 5.74) is 0.920. The molecule has 5 aliphatic rings. The van der Waals surface area contributed by atoms with Crippen LogP contribution in [0.25, 0.3) is 0 Å². The summed E-state index contributed by atoms with van der Waals surface area (Å²) in [5, 5.41) is 21.9. The number of ether oxygens (including phenoxy) is 1. The SMILES string of the molecule is CO[C@@]1(O)CC[C@]23CC(C(O)[C@H]4[C@@H]5CCC[C@@]5(C)CC[C@@H]42)C3C1. The molecule has 5 saturated carbocycles. The second kappa shape index (κ2) is 4.53. The van der Waals surface area contributed by atoms with Gasteiger partial charge in [0.05, 0.1) is 6.10 Å². The molecule has 9 atom stereocenters. The maximum atomic E-state index is 11.2. The van der Waals surface area contributed by atoms with E-state index >= 15 is 0 Å². The minimum Gasteiger partial charge on any atom is -0.393 e. The molecule has 3 unspecified atom stereocenters. The van der Waals surface area contributed by atoms with Gasteiger partial charge in [-0.2, -0.15) is 0 Å². The minimum atomic E-state index is -0.935. The Morgan fingerprint density at radius 2 is 1.78 bits per heavy atom. The van der Waals surface area contributed by atoms with E-state index in [4.69, 9.17) is 4.74 Å². The Morgan fingerprint density at radius 1 is 0.957 bits per heavy atom. The van der Waals surface area contributed by atoms with Crippen LogP contribution in [0.1, 0.15) is 64.7 Å². The molecule has 2 N–H and O–H groups in total. The molecule has 0 saturated heterocycles. The average molecular weight is 320 g/mol. The Bertz CT molecular complexity index is 521. The van der Waals surface area contributed by atoms with E-state index in [0.29, 0.717) is 34.5 Å². The predicted molar refractivity (Wildman–Crippen MR) is 87.5 cm³/mol. The largest absolute Gasteiger partial charge is 0.393 e.